The van der Waals surface area contributed by atoms with Gasteiger partial charge in [-0.2, -0.15) is 0 Å². The number of nitrogens with zero attached hydrogens (tertiary/aromatic N) is 4. The molecule has 3 heterocycles. The summed E-state index contributed by atoms with van der Waals surface area (Å²) in [5, 5.41) is 15.8. The fourth-order valence-corrected chi connectivity index (χ4v) is 4.69. The molecule has 3 N–H and O–H groups in total. The van der Waals surface area contributed by atoms with Crippen molar-refractivity contribution in [1.82, 2.24) is 19.9 Å². The molecule has 0 unspecified atom stereocenters. The molecule has 0 amide bonds. The van der Waals surface area contributed by atoms with E-state index < -0.39 is 21.8 Å². The summed E-state index contributed by atoms with van der Waals surface area (Å²) in [6.07, 6.45) is 9.39. The molecule has 0 saturated carbocycles. The molecule has 0 saturated heterocycles. The van der Waals surface area contributed by atoms with Gasteiger partial charge in [-0.15, -0.1) is 0 Å². The number of aromatic nitrogens is 3. The van der Waals surface area contributed by atoms with E-state index in [9.17, 15) is 18.3 Å². The van der Waals surface area contributed by atoms with Gasteiger partial charge in [0.05, 0.1) is 10.2 Å². The largest absolute Gasteiger partial charge is 0.480 e. The molecule has 2 aromatic heterocycles. The number of unbranched alkanes of at least 4 members (excludes halogenated alkanes) is 1. The van der Waals surface area contributed by atoms with Crippen LogP contribution in [0.1, 0.15) is 36.9 Å². The Morgan fingerprint density at radius 2 is 2.00 bits per heavy atom. The monoisotopic (exact) mass is 568 g/mol. The van der Waals surface area contributed by atoms with Gasteiger partial charge in [0, 0.05) is 44.0 Å². The van der Waals surface area contributed by atoms with Crippen molar-refractivity contribution in [2.45, 2.75) is 44.6 Å². The number of sulfone groups is 1. The van der Waals surface area contributed by atoms with Gasteiger partial charge in [0.2, 0.25) is 5.95 Å². The normalized spacial score (nSPS) is 14.3. The number of hydrogen-bond acceptors (Lipinski definition) is 9. The van der Waals surface area contributed by atoms with Gasteiger partial charge >= 0.3 is 5.97 Å². The van der Waals surface area contributed by atoms with E-state index in [-0.39, 0.29) is 18.1 Å². The number of aliphatic carboxylic acids is 1. The van der Waals surface area contributed by atoms with Crippen molar-refractivity contribution in [3.63, 3.8) is 0 Å². The highest BCUT2D eigenvalue weighted by molar-refractivity contribution is 9.10. The van der Waals surface area contributed by atoms with Gasteiger partial charge in [-0.25, -0.2) is 28.2 Å². The Hall–Kier alpha value is -2.31. The quantitative estimate of drug-likeness (QED) is 0.291. The van der Waals surface area contributed by atoms with E-state index in [1.165, 1.54) is 11.8 Å². The Morgan fingerprint density at radius 1 is 1.23 bits per heavy atom. The summed E-state index contributed by atoms with van der Waals surface area (Å²) in [6, 6.07) is 3.35. The molecule has 0 bridgehead atoms. The fourth-order valence-electron chi connectivity index (χ4n) is 3.89. The Labute approximate surface area is 215 Å². The number of rotatable bonds is 14. The SMILES string of the molecule is CS(=O)(=O)CCN(CCCCc1ccc2c(n1)NCCC2)CC[C@H](Nc1ncc(Br)cn1)C(=O)O. The van der Waals surface area contributed by atoms with Crippen LogP contribution in [0.2, 0.25) is 0 Å². The zero-order chi connectivity index (χ0) is 25.3. The summed E-state index contributed by atoms with van der Waals surface area (Å²) in [5.74, 6) is 0.249. The lowest BCUT2D eigenvalue weighted by atomic mass is 10.1. The summed E-state index contributed by atoms with van der Waals surface area (Å²) < 4.78 is 24.1. The van der Waals surface area contributed by atoms with Gasteiger partial charge in [-0.3, -0.25) is 0 Å². The zero-order valence-electron chi connectivity index (χ0n) is 19.9. The van der Waals surface area contributed by atoms with Crippen molar-refractivity contribution >= 4 is 43.5 Å². The van der Waals surface area contributed by atoms with Crippen LogP contribution in [0.15, 0.2) is 29.0 Å². The molecule has 1 aliphatic rings. The molecule has 0 spiro atoms. The molecule has 12 heteroatoms. The Bertz CT molecular complexity index is 1080. The maximum absolute atomic E-state index is 11.8. The van der Waals surface area contributed by atoms with Crippen LogP contribution in [0.4, 0.5) is 11.8 Å². The van der Waals surface area contributed by atoms with Crippen LogP contribution in [0, 0.1) is 0 Å². The topological polar surface area (TPSA) is 137 Å². The summed E-state index contributed by atoms with van der Waals surface area (Å²) in [7, 11) is -3.12. The highest BCUT2D eigenvalue weighted by Crippen LogP contribution is 2.20. The second-order valence-corrected chi connectivity index (χ2v) is 12.0. The smallest absolute Gasteiger partial charge is 0.326 e. The lowest BCUT2D eigenvalue weighted by molar-refractivity contribution is -0.138. The predicted molar refractivity (Wildman–Crippen MR) is 140 cm³/mol. The number of pyridine rings is 1. The maximum Gasteiger partial charge on any atom is 0.326 e. The van der Waals surface area contributed by atoms with E-state index in [0.717, 1.165) is 50.2 Å². The van der Waals surface area contributed by atoms with Crippen molar-refractivity contribution in [1.29, 1.82) is 0 Å². The van der Waals surface area contributed by atoms with Crippen LogP contribution < -0.4 is 10.6 Å². The van der Waals surface area contributed by atoms with Crippen molar-refractivity contribution in [3.05, 3.63) is 40.3 Å². The number of fused-ring (bicyclic) bond motifs is 1. The summed E-state index contributed by atoms with van der Waals surface area (Å²) in [4.78, 5) is 26.7. The molecule has 1 aliphatic heterocycles. The van der Waals surface area contributed by atoms with Gasteiger partial charge in [0.1, 0.15) is 21.7 Å². The van der Waals surface area contributed by atoms with Crippen LogP contribution in [0.5, 0.6) is 0 Å². The highest BCUT2D eigenvalue weighted by atomic mass is 79.9. The molecule has 0 aromatic carbocycles. The molecule has 1 atom stereocenters. The third-order valence-electron chi connectivity index (χ3n) is 5.84. The first kappa shape index (κ1) is 27.3. The Balaban J connectivity index is 1.51. The molecule has 10 nitrogen and oxygen atoms in total. The molecule has 0 radical (unpaired) electrons. The minimum Gasteiger partial charge on any atom is -0.480 e. The number of aryl methyl sites for hydroxylation is 2. The van der Waals surface area contributed by atoms with Crippen LogP contribution in [0.25, 0.3) is 0 Å². The number of anilines is 2. The molecular formula is C23H33BrN6O4S. The number of hydrogen-bond donors (Lipinski definition) is 3. The first-order valence-corrected chi connectivity index (χ1v) is 14.6. The second-order valence-electron chi connectivity index (χ2n) is 8.82. The summed E-state index contributed by atoms with van der Waals surface area (Å²) in [5.41, 5.74) is 2.31. The minimum absolute atomic E-state index is 0.0338. The van der Waals surface area contributed by atoms with Crippen LogP contribution in [-0.2, 0) is 27.5 Å². The standard InChI is InChI=1S/C23H33BrN6O4S/c1-35(33,34)14-13-30(12-9-20(22(31)32)29-23-26-15-18(24)16-27-23)11-3-2-6-19-8-7-17-5-4-10-25-21(17)28-19/h7-8,15-16,20H,2-6,9-14H2,1H3,(H,25,28)(H,31,32)(H,26,27,29)/t20-/m0/s1. The number of halogens is 1. The molecule has 192 valence electrons. The van der Waals surface area contributed by atoms with Crippen LogP contribution >= 0.6 is 15.9 Å². The van der Waals surface area contributed by atoms with E-state index in [4.69, 9.17) is 4.98 Å². The molecule has 0 aliphatic carbocycles. The maximum atomic E-state index is 11.8. The van der Waals surface area contributed by atoms with Gasteiger partial charge in [-0.05, 0) is 72.6 Å². The average molecular weight is 570 g/mol. The third-order valence-corrected chi connectivity index (χ3v) is 7.18. The summed E-state index contributed by atoms with van der Waals surface area (Å²) >= 11 is 3.25. The first-order chi connectivity index (χ1) is 16.7. The van der Waals surface area contributed by atoms with Crippen molar-refractivity contribution in [2.75, 3.05) is 48.8 Å². The zero-order valence-corrected chi connectivity index (χ0v) is 22.3. The molecule has 3 rings (SSSR count). The second kappa shape index (κ2) is 13.1. The molecule has 2 aromatic rings. The van der Waals surface area contributed by atoms with Gasteiger partial charge in [-0.1, -0.05) is 6.07 Å². The van der Waals surface area contributed by atoms with Crippen LogP contribution in [0.3, 0.4) is 0 Å². The minimum atomic E-state index is -3.12. The van der Waals surface area contributed by atoms with Crippen molar-refractivity contribution < 1.29 is 18.3 Å². The fraction of sp³-hybridized carbons (Fsp3) is 0.565. The van der Waals surface area contributed by atoms with Gasteiger partial charge in [0.25, 0.3) is 0 Å². The third kappa shape index (κ3) is 9.69. The number of carboxylic acid groups (broad SMARTS) is 1. The predicted octanol–water partition coefficient (Wildman–Crippen LogP) is 2.62. The van der Waals surface area contributed by atoms with E-state index in [1.54, 1.807) is 12.4 Å². The van der Waals surface area contributed by atoms with E-state index >= 15 is 0 Å². The lowest BCUT2D eigenvalue weighted by Gasteiger charge is -2.24. The molecular weight excluding hydrogens is 536 g/mol. The number of carboxylic acids is 1. The molecule has 35 heavy (non-hydrogen) atoms. The van der Waals surface area contributed by atoms with Crippen LogP contribution in [-0.4, -0.2) is 83.6 Å². The lowest BCUT2D eigenvalue weighted by Crippen LogP contribution is -2.37. The van der Waals surface area contributed by atoms with Crippen molar-refractivity contribution in [3.8, 4) is 0 Å². The van der Waals surface area contributed by atoms with E-state index in [2.05, 4.69) is 48.7 Å². The van der Waals surface area contributed by atoms with E-state index in [0.29, 0.717) is 24.1 Å². The first-order valence-electron chi connectivity index (χ1n) is 11.8. The van der Waals surface area contributed by atoms with Gasteiger partial charge < -0.3 is 20.6 Å². The summed E-state index contributed by atoms with van der Waals surface area (Å²) in [6.45, 7) is 2.44. The van der Waals surface area contributed by atoms with Crippen molar-refractivity contribution in [2.24, 2.45) is 0 Å². The van der Waals surface area contributed by atoms with Gasteiger partial charge in [0.15, 0.2) is 0 Å². The average Bonchev–Trinajstić information content (AvgIpc) is 2.82. The van der Waals surface area contributed by atoms with E-state index in [1.807, 2.05) is 4.90 Å². The number of carbonyl (C=O) groups is 1. The Morgan fingerprint density at radius 3 is 2.71 bits per heavy atom. The highest BCUT2D eigenvalue weighted by Gasteiger charge is 2.20. The Kier molecular flexibility index (Phi) is 10.2. The number of nitrogens with one attached hydrogen (secondary N) is 2. The molecule has 0 fully saturated rings.